The zero-order valence-electron chi connectivity index (χ0n) is 36.0. The molecule has 3 aliphatic heterocycles. The van der Waals surface area contributed by atoms with E-state index in [1.165, 1.54) is 28.5 Å². The molecule has 6 heterocycles. The molecule has 332 valence electrons. The molecule has 3 aliphatic rings. The van der Waals surface area contributed by atoms with Gasteiger partial charge in [0.1, 0.15) is 0 Å². The average molecular weight is 897 g/mol. The fourth-order valence-electron chi connectivity index (χ4n) is 8.40. The van der Waals surface area contributed by atoms with Gasteiger partial charge in [0.15, 0.2) is 5.82 Å². The van der Waals surface area contributed by atoms with Crippen LogP contribution in [-0.4, -0.2) is 92.6 Å². The van der Waals surface area contributed by atoms with Crippen LogP contribution < -0.4 is 15.4 Å². The summed E-state index contributed by atoms with van der Waals surface area (Å²) >= 11 is 1.41. The standard InChI is InChI=1S/C45H53FN10O5S2/c1-5-21-63(60,61)53-35-8-6-7-34(39(35)46)40-41(62-43(52-40)45(2,3)4)36-13-17-47-44(50-36)49-32-23-48-56(26-32)24-28-14-19-55(20-15-28)38(58)27-54-18-16-29-22-30(9-10-31(29)25-54)33-11-12-37(57)51-42(33)59/h6-10,13,17,22-23,26,28,33,53H,5,11-12,14-16,18-21,24-25,27H2,1-4H3,(H,47,49,50)(H,51,57,59)/t33-/m0/s1. The molecule has 0 unspecified atom stereocenters. The topological polar surface area (TPSA) is 184 Å². The Hall–Kier alpha value is -5.59. The van der Waals surface area contributed by atoms with Crippen LogP contribution in [0, 0.1) is 11.7 Å². The lowest BCUT2D eigenvalue weighted by Gasteiger charge is -2.35. The van der Waals surface area contributed by atoms with Gasteiger partial charge in [-0.2, -0.15) is 5.10 Å². The summed E-state index contributed by atoms with van der Waals surface area (Å²) in [5, 5.41) is 11.1. The van der Waals surface area contributed by atoms with E-state index in [0.717, 1.165) is 36.4 Å². The fourth-order valence-corrected chi connectivity index (χ4v) is 10.6. The van der Waals surface area contributed by atoms with Gasteiger partial charge in [0, 0.05) is 62.5 Å². The van der Waals surface area contributed by atoms with Crippen LogP contribution in [0.1, 0.15) is 87.4 Å². The molecule has 63 heavy (non-hydrogen) atoms. The van der Waals surface area contributed by atoms with Gasteiger partial charge in [-0.15, -0.1) is 11.3 Å². The minimum Gasteiger partial charge on any atom is -0.342 e. The van der Waals surface area contributed by atoms with E-state index in [1.54, 1.807) is 37.5 Å². The summed E-state index contributed by atoms with van der Waals surface area (Å²) in [7, 11) is -3.72. The number of imide groups is 1. The molecule has 15 nitrogen and oxygen atoms in total. The molecule has 1 atom stereocenters. The molecule has 2 saturated heterocycles. The van der Waals surface area contributed by atoms with Crippen LogP contribution in [0.4, 0.5) is 21.7 Å². The van der Waals surface area contributed by atoms with Crippen molar-refractivity contribution in [3.8, 4) is 21.8 Å². The lowest BCUT2D eigenvalue weighted by Crippen LogP contribution is -2.45. The number of halogens is 1. The zero-order valence-corrected chi connectivity index (χ0v) is 37.6. The molecule has 3 N–H and O–H groups in total. The third-order valence-electron chi connectivity index (χ3n) is 11.8. The lowest BCUT2D eigenvalue weighted by atomic mass is 9.87. The van der Waals surface area contributed by atoms with E-state index in [0.29, 0.717) is 85.8 Å². The molecular weight excluding hydrogens is 844 g/mol. The Morgan fingerprint density at radius 1 is 1.02 bits per heavy atom. The molecule has 0 aliphatic carbocycles. The van der Waals surface area contributed by atoms with Gasteiger partial charge in [0.05, 0.1) is 57.1 Å². The molecule has 2 fully saturated rings. The van der Waals surface area contributed by atoms with E-state index in [-0.39, 0.29) is 46.1 Å². The highest BCUT2D eigenvalue weighted by molar-refractivity contribution is 7.92. The number of amides is 3. The number of fused-ring (bicyclic) bond motifs is 1. The highest BCUT2D eigenvalue weighted by Crippen LogP contribution is 2.42. The van der Waals surface area contributed by atoms with Crippen molar-refractivity contribution in [2.75, 3.05) is 42.0 Å². The number of hydrogen-bond acceptors (Lipinski definition) is 12. The molecule has 0 bridgehead atoms. The number of carbonyl (C=O) groups excluding carboxylic acids is 3. The molecule has 0 saturated carbocycles. The zero-order chi connectivity index (χ0) is 44.5. The number of piperidine rings is 2. The first-order chi connectivity index (χ1) is 30.1. The number of benzene rings is 2. The van der Waals surface area contributed by atoms with Gasteiger partial charge in [0.25, 0.3) is 0 Å². The molecule has 5 aromatic rings. The van der Waals surface area contributed by atoms with Crippen LogP contribution in [0.15, 0.2) is 61.1 Å². The second-order valence-electron chi connectivity index (χ2n) is 17.7. The second-order valence-corrected chi connectivity index (χ2v) is 20.5. The Kier molecular flexibility index (Phi) is 12.8. The van der Waals surface area contributed by atoms with E-state index in [4.69, 9.17) is 9.97 Å². The summed E-state index contributed by atoms with van der Waals surface area (Å²) in [5.74, 6) is -0.760. The quantitative estimate of drug-likeness (QED) is 0.108. The normalized spacial score (nSPS) is 17.7. The van der Waals surface area contributed by atoms with Crippen molar-refractivity contribution in [1.29, 1.82) is 0 Å². The number of likely N-dealkylation sites (tertiary alicyclic amines) is 1. The van der Waals surface area contributed by atoms with Crippen LogP contribution in [-0.2, 0) is 49.3 Å². The summed E-state index contributed by atoms with van der Waals surface area (Å²) in [4.78, 5) is 56.3. The first-order valence-corrected chi connectivity index (χ1v) is 24.0. The SMILES string of the molecule is CCCS(=O)(=O)Nc1cccc(-c2nc(C(C)(C)C)sc2-c2ccnc(Nc3cnn(CC4CCN(C(=O)CN5CCc6cc([C@@H]7CCC(=O)NC7=O)ccc6C5)CC4)c3)n2)c1F. The molecule has 0 spiro atoms. The highest BCUT2D eigenvalue weighted by atomic mass is 32.2. The molecule has 3 amide bonds. The maximum Gasteiger partial charge on any atom is 0.236 e. The van der Waals surface area contributed by atoms with Crippen molar-refractivity contribution >= 4 is 56.4 Å². The van der Waals surface area contributed by atoms with Gasteiger partial charge >= 0.3 is 0 Å². The molecular formula is C45H53FN10O5S2. The number of hydrogen-bond donors (Lipinski definition) is 3. The highest BCUT2D eigenvalue weighted by Gasteiger charge is 2.31. The summed E-state index contributed by atoms with van der Waals surface area (Å²) in [6.07, 6.45) is 9.08. The Labute approximate surface area is 371 Å². The Morgan fingerprint density at radius 2 is 1.83 bits per heavy atom. The van der Waals surface area contributed by atoms with Crippen molar-refractivity contribution in [3.05, 3.63) is 88.6 Å². The van der Waals surface area contributed by atoms with Crippen molar-refractivity contribution in [2.45, 2.75) is 90.6 Å². The predicted molar refractivity (Wildman–Crippen MR) is 240 cm³/mol. The number of rotatable bonds is 13. The fraction of sp³-hybridized carbons (Fsp3) is 0.444. The number of carbonyl (C=O) groups is 3. The largest absolute Gasteiger partial charge is 0.342 e. The van der Waals surface area contributed by atoms with Crippen LogP contribution in [0.5, 0.6) is 0 Å². The first kappa shape index (κ1) is 44.0. The third-order valence-corrected chi connectivity index (χ3v) is 14.8. The van der Waals surface area contributed by atoms with Crippen molar-refractivity contribution in [3.63, 3.8) is 0 Å². The Balaban J connectivity index is 0.863. The van der Waals surface area contributed by atoms with Gasteiger partial charge in [-0.3, -0.25) is 34.0 Å². The minimum atomic E-state index is -3.72. The van der Waals surface area contributed by atoms with E-state index < -0.39 is 15.8 Å². The Morgan fingerprint density at radius 3 is 2.59 bits per heavy atom. The predicted octanol–water partition coefficient (Wildman–Crippen LogP) is 6.61. The third kappa shape index (κ3) is 10.3. The number of anilines is 3. The molecule has 2 aromatic carbocycles. The summed E-state index contributed by atoms with van der Waals surface area (Å²) in [6.45, 7) is 11.7. The number of thiazole rings is 1. The van der Waals surface area contributed by atoms with Gasteiger partial charge in [-0.25, -0.2) is 27.8 Å². The maximum absolute atomic E-state index is 16.1. The van der Waals surface area contributed by atoms with Crippen molar-refractivity contribution in [1.82, 2.24) is 39.8 Å². The monoisotopic (exact) mass is 896 g/mol. The van der Waals surface area contributed by atoms with Gasteiger partial charge in [-0.05, 0) is 72.9 Å². The average Bonchev–Trinajstić information content (AvgIpc) is 3.89. The van der Waals surface area contributed by atoms with Crippen molar-refractivity contribution < 1.29 is 27.2 Å². The molecule has 3 aromatic heterocycles. The summed E-state index contributed by atoms with van der Waals surface area (Å²) in [6, 6.07) is 12.5. The number of aromatic nitrogens is 5. The van der Waals surface area contributed by atoms with Crippen LogP contribution in [0.25, 0.3) is 21.8 Å². The van der Waals surface area contributed by atoms with Gasteiger partial charge in [-0.1, -0.05) is 52.0 Å². The number of nitrogens with zero attached hydrogens (tertiary/aromatic N) is 7. The van der Waals surface area contributed by atoms with Crippen molar-refractivity contribution in [2.24, 2.45) is 5.92 Å². The summed E-state index contributed by atoms with van der Waals surface area (Å²) < 4.78 is 45.4. The first-order valence-electron chi connectivity index (χ1n) is 21.5. The van der Waals surface area contributed by atoms with Crippen LogP contribution >= 0.6 is 11.3 Å². The van der Waals surface area contributed by atoms with E-state index >= 15 is 4.39 Å². The van der Waals surface area contributed by atoms with Crippen LogP contribution in [0.3, 0.4) is 0 Å². The minimum absolute atomic E-state index is 0.123. The molecule has 18 heteroatoms. The molecule has 8 rings (SSSR count). The van der Waals surface area contributed by atoms with E-state index in [2.05, 4.69) is 42.5 Å². The number of sulfonamides is 1. The second kappa shape index (κ2) is 18.3. The number of nitrogens with one attached hydrogen (secondary N) is 3. The lowest BCUT2D eigenvalue weighted by molar-refractivity contribution is -0.135. The smallest absolute Gasteiger partial charge is 0.236 e. The summed E-state index contributed by atoms with van der Waals surface area (Å²) in [5.41, 5.74) is 4.61. The van der Waals surface area contributed by atoms with Gasteiger partial charge < -0.3 is 10.2 Å². The van der Waals surface area contributed by atoms with E-state index in [9.17, 15) is 22.8 Å². The Bertz CT molecular complexity index is 2630. The van der Waals surface area contributed by atoms with Crippen LogP contribution in [0.2, 0.25) is 0 Å². The maximum atomic E-state index is 16.1. The molecule has 0 radical (unpaired) electrons. The van der Waals surface area contributed by atoms with Gasteiger partial charge in [0.2, 0.25) is 33.7 Å². The van der Waals surface area contributed by atoms with E-state index in [1.807, 2.05) is 42.6 Å².